The smallest absolute Gasteiger partial charge is 0.336 e. The minimum Gasteiger partial charge on any atom is -0.478 e. The van der Waals surface area contributed by atoms with Gasteiger partial charge in [0.15, 0.2) is 0 Å². The number of aromatic amines is 1. The van der Waals surface area contributed by atoms with Crippen molar-refractivity contribution in [3.8, 4) is 23.0 Å². The summed E-state index contributed by atoms with van der Waals surface area (Å²) in [5.74, 6) is 5.34. The van der Waals surface area contributed by atoms with Gasteiger partial charge in [-0.2, -0.15) is 0 Å². The van der Waals surface area contributed by atoms with Gasteiger partial charge in [0.05, 0.1) is 30.8 Å². The van der Waals surface area contributed by atoms with Crippen LogP contribution in [0, 0.1) is 11.8 Å². The number of benzene rings is 3. The zero-order chi connectivity index (χ0) is 22.1. The number of aliphatic hydroxyl groups excluding tert-OH is 1. The van der Waals surface area contributed by atoms with Gasteiger partial charge in [-0.15, -0.1) is 0 Å². The maximum atomic E-state index is 11.9. The third kappa shape index (κ3) is 3.46. The molecule has 0 radical (unpaired) electrons. The number of aromatic carboxylic acids is 1. The van der Waals surface area contributed by atoms with Crippen LogP contribution in [0.2, 0.25) is 0 Å². The van der Waals surface area contributed by atoms with Gasteiger partial charge in [-0.1, -0.05) is 42.2 Å². The van der Waals surface area contributed by atoms with E-state index in [-0.39, 0.29) is 17.6 Å². The van der Waals surface area contributed by atoms with Gasteiger partial charge in [0.25, 0.3) is 0 Å². The minimum atomic E-state index is -0.989. The number of nitrogens with one attached hydrogen (secondary N) is 1. The quantitative estimate of drug-likeness (QED) is 0.430. The zero-order valence-electron chi connectivity index (χ0n) is 17.3. The Morgan fingerprint density at radius 3 is 2.53 bits per heavy atom. The van der Waals surface area contributed by atoms with Crippen LogP contribution in [0.4, 0.5) is 0 Å². The number of fused-ring (bicyclic) bond motifs is 1. The topological polar surface area (TPSA) is 82.6 Å². The molecule has 5 rings (SSSR count). The standard InChI is InChI=1S/C27H21NO4/c29-15-27(16-32-17-27)22-10-5-18(6-11-22)4-7-20-2-1-3-23(26(30)31)25(20)21-9-8-19-12-13-28-24(19)14-21/h1-3,5-6,8-14,28-29H,15-17H2,(H,30,31). The van der Waals surface area contributed by atoms with E-state index in [9.17, 15) is 15.0 Å². The van der Waals surface area contributed by atoms with Gasteiger partial charge in [-0.25, -0.2) is 4.79 Å². The molecule has 4 aromatic rings. The Balaban J connectivity index is 1.54. The van der Waals surface area contributed by atoms with Crippen molar-refractivity contribution in [3.05, 3.63) is 95.2 Å². The molecule has 0 aliphatic carbocycles. The molecule has 0 saturated carbocycles. The molecule has 0 unspecified atom stereocenters. The summed E-state index contributed by atoms with van der Waals surface area (Å²) in [7, 11) is 0. The lowest BCUT2D eigenvalue weighted by atomic mass is 9.79. The molecule has 5 heteroatoms. The summed E-state index contributed by atoms with van der Waals surface area (Å²) in [4.78, 5) is 15.1. The summed E-state index contributed by atoms with van der Waals surface area (Å²) in [5, 5.41) is 20.6. The molecule has 0 amide bonds. The fourth-order valence-electron chi connectivity index (χ4n) is 4.09. The normalized spacial score (nSPS) is 14.4. The highest BCUT2D eigenvalue weighted by molar-refractivity contribution is 5.99. The Morgan fingerprint density at radius 2 is 1.84 bits per heavy atom. The monoisotopic (exact) mass is 423 g/mol. The molecule has 1 fully saturated rings. The zero-order valence-corrected chi connectivity index (χ0v) is 17.3. The van der Waals surface area contributed by atoms with E-state index in [1.807, 2.05) is 60.8 Å². The lowest BCUT2D eigenvalue weighted by molar-refractivity contribution is -0.0841. The molecule has 1 aliphatic rings. The van der Waals surface area contributed by atoms with E-state index in [0.717, 1.165) is 27.6 Å². The Morgan fingerprint density at radius 1 is 1.03 bits per heavy atom. The van der Waals surface area contributed by atoms with Gasteiger partial charge < -0.3 is 19.9 Å². The van der Waals surface area contributed by atoms with Crippen molar-refractivity contribution < 1.29 is 19.7 Å². The highest BCUT2D eigenvalue weighted by Crippen LogP contribution is 2.32. The second-order valence-electron chi connectivity index (χ2n) is 8.07. The molecule has 3 N–H and O–H groups in total. The Bertz CT molecular complexity index is 1360. The van der Waals surface area contributed by atoms with Gasteiger partial charge in [-0.05, 0) is 52.9 Å². The van der Waals surface area contributed by atoms with Crippen LogP contribution in [-0.4, -0.2) is 41.0 Å². The molecule has 1 saturated heterocycles. The largest absolute Gasteiger partial charge is 0.478 e. The summed E-state index contributed by atoms with van der Waals surface area (Å²) in [6.45, 7) is 1.09. The SMILES string of the molecule is O=C(O)c1cccc(C#Cc2ccc(C3(CO)COC3)cc2)c1-c1ccc2cc[nH]c2c1. The van der Waals surface area contributed by atoms with E-state index in [1.165, 1.54) is 0 Å². The van der Waals surface area contributed by atoms with Crippen LogP contribution in [0.5, 0.6) is 0 Å². The average Bonchev–Trinajstić information content (AvgIpc) is 3.26. The number of carboxylic acid groups (broad SMARTS) is 1. The number of aliphatic hydroxyl groups is 1. The van der Waals surface area contributed by atoms with Gasteiger partial charge in [-0.3, -0.25) is 0 Å². The summed E-state index contributed by atoms with van der Waals surface area (Å²) < 4.78 is 5.29. The third-order valence-electron chi connectivity index (χ3n) is 6.04. The van der Waals surface area contributed by atoms with Crippen molar-refractivity contribution in [1.29, 1.82) is 0 Å². The molecule has 3 aromatic carbocycles. The van der Waals surface area contributed by atoms with Gasteiger partial charge in [0, 0.05) is 28.4 Å². The number of ether oxygens (including phenoxy) is 1. The Kier molecular flexibility index (Phi) is 5.02. The number of rotatable bonds is 4. The molecule has 1 aromatic heterocycles. The fourth-order valence-corrected chi connectivity index (χ4v) is 4.09. The first-order valence-electron chi connectivity index (χ1n) is 10.3. The lowest BCUT2D eigenvalue weighted by Gasteiger charge is -2.40. The predicted octanol–water partition coefficient (Wildman–Crippen LogP) is 4.19. The number of aromatic nitrogens is 1. The van der Waals surface area contributed by atoms with Crippen molar-refractivity contribution in [2.75, 3.05) is 19.8 Å². The maximum absolute atomic E-state index is 11.9. The summed E-state index contributed by atoms with van der Waals surface area (Å²) in [6.07, 6.45) is 1.86. The Hall–Kier alpha value is -3.85. The second-order valence-corrected chi connectivity index (χ2v) is 8.07. The number of carboxylic acids is 1. The fraction of sp³-hybridized carbons (Fsp3) is 0.148. The summed E-state index contributed by atoms with van der Waals surface area (Å²) in [5.41, 5.74) is 4.74. The number of hydrogen-bond acceptors (Lipinski definition) is 3. The van der Waals surface area contributed by atoms with E-state index >= 15 is 0 Å². The first kappa shape index (κ1) is 20.1. The van der Waals surface area contributed by atoms with E-state index in [4.69, 9.17) is 4.74 Å². The van der Waals surface area contributed by atoms with Crippen LogP contribution in [0.3, 0.4) is 0 Å². The molecule has 5 nitrogen and oxygen atoms in total. The van der Waals surface area contributed by atoms with E-state index < -0.39 is 5.97 Å². The van der Waals surface area contributed by atoms with Crippen LogP contribution in [-0.2, 0) is 10.2 Å². The number of hydrogen-bond donors (Lipinski definition) is 3. The molecular formula is C27H21NO4. The van der Waals surface area contributed by atoms with Crippen molar-refractivity contribution in [3.63, 3.8) is 0 Å². The van der Waals surface area contributed by atoms with Crippen LogP contribution >= 0.6 is 0 Å². The van der Waals surface area contributed by atoms with Crippen molar-refractivity contribution in [2.24, 2.45) is 0 Å². The van der Waals surface area contributed by atoms with Crippen molar-refractivity contribution in [1.82, 2.24) is 4.98 Å². The van der Waals surface area contributed by atoms with Gasteiger partial charge >= 0.3 is 5.97 Å². The molecule has 158 valence electrons. The molecule has 0 bridgehead atoms. The average molecular weight is 423 g/mol. The first-order valence-corrected chi connectivity index (χ1v) is 10.3. The van der Waals surface area contributed by atoms with E-state index in [0.29, 0.717) is 24.3 Å². The van der Waals surface area contributed by atoms with E-state index in [2.05, 4.69) is 16.8 Å². The lowest BCUT2D eigenvalue weighted by Crippen LogP contribution is -2.49. The maximum Gasteiger partial charge on any atom is 0.336 e. The highest BCUT2D eigenvalue weighted by atomic mass is 16.5. The summed E-state index contributed by atoms with van der Waals surface area (Å²) >= 11 is 0. The second kappa shape index (κ2) is 8.01. The van der Waals surface area contributed by atoms with Crippen molar-refractivity contribution in [2.45, 2.75) is 5.41 Å². The van der Waals surface area contributed by atoms with Crippen LogP contribution < -0.4 is 0 Å². The van der Waals surface area contributed by atoms with E-state index in [1.54, 1.807) is 12.1 Å². The van der Waals surface area contributed by atoms with Crippen LogP contribution in [0.1, 0.15) is 27.0 Å². The third-order valence-corrected chi connectivity index (χ3v) is 6.04. The molecule has 1 aliphatic heterocycles. The number of carbonyl (C=O) groups is 1. The first-order chi connectivity index (χ1) is 15.6. The van der Waals surface area contributed by atoms with Crippen molar-refractivity contribution >= 4 is 16.9 Å². The molecule has 2 heterocycles. The predicted molar refractivity (Wildman–Crippen MR) is 123 cm³/mol. The molecule has 0 spiro atoms. The Labute approximate surface area is 185 Å². The highest BCUT2D eigenvalue weighted by Gasteiger charge is 2.39. The minimum absolute atomic E-state index is 0.0501. The summed E-state index contributed by atoms with van der Waals surface area (Å²) in [6, 6.07) is 20.8. The van der Waals surface area contributed by atoms with Crippen LogP contribution in [0.25, 0.3) is 22.0 Å². The number of H-pyrrole nitrogens is 1. The molecular weight excluding hydrogens is 402 g/mol. The molecule has 32 heavy (non-hydrogen) atoms. The van der Waals surface area contributed by atoms with Gasteiger partial charge in [0.2, 0.25) is 0 Å². The molecule has 0 atom stereocenters. The van der Waals surface area contributed by atoms with Gasteiger partial charge in [0.1, 0.15) is 0 Å². The van der Waals surface area contributed by atoms with Crippen LogP contribution in [0.15, 0.2) is 72.9 Å².